The van der Waals surface area contributed by atoms with Crippen LogP contribution in [0.3, 0.4) is 0 Å². The van der Waals surface area contributed by atoms with E-state index >= 15 is 0 Å². The van der Waals surface area contributed by atoms with Crippen LogP contribution in [0.5, 0.6) is 0 Å². The first-order chi connectivity index (χ1) is 1.91. The molecule has 0 N–H and O–H groups in total. The molecule has 0 unspecified atom stereocenters. The molecule has 0 aliphatic heterocycles. The Labute approximate surface area is 92.0 Å². The molecular weight excluding hydrogens is 259 g/mol. The van der Waals surface area contributed by atoms with Crippen LogP contribution in [-0.4, -0.2) is 0 Å². The second-order valence-electron chi connectivity index (χ2n) is 0.816. The number of hydrogen-bond acceptors (Lipinski definition) is 0. The fourth-order valence-electron chi connectivity index (χ4n) is 0. The van der Waals surface area contributed by atoms with Gasteiger partial charge < -0.3 is 24.8 Å². The quantitative estimate of drug-likeness (QED) is 0.451. The first kappa shape index (κ1) is 23.1. The number of halogens is 2. The van der Waals surface area contributed by atoms with E-state index in [0.717, 1.165) is 0 Å². The van der Waals surface area contributed by atoms with Gasteiger partial charge in [0.25, 0.3) is 0 Å². The molecule has 0 aromatic rings. The van der Waals surface area contributed by atoms with Crippen molar-refractivity contribution < 1.29 is 66.6 Å². The first-order valence-corrected chi connectivity index (χ1v) is 1.69. The molecule has 0 atom stereocenters. The van der Waals surface area contributed by atoms with E-state index < -0.39 is 0 Å². The summed E-state index contributed by atoms with van der Waals surface area (Å²) in [6, 6.07) is 0. The maximum atomic E-state index is 2.12. The van der Waals surface area contributed by atoms with E-state index in [4.69, 9.17) is 0 Å². The van der Waals surface area contributed by atoms with E-state index in [-0.39, 0.29) is 66.6 Å². The Morgan fingerprint density at radius 1 is 1.29 bits per heavy atom. The molecule has 0 aromatic heterocycles. The van der Waals surface area contributed by atoms with Crippen molar-refractivity contribution in [1.29, 1.82) is 0 Å². The van der Waals surface area contributed by atoms with Gasteiger partial charge >= 0.3 is 0 Å². The summed E-state index contributed by atoms with van der Waals surface area (Å²) in [6.07, 6.45) is 3.32. The van der Waals surface area contributed by atoms with Gasteiger partial charge in [-0.3, -0.25) is 0 Å². The van der Waals surface area contributed by atoms with E-state index in [9.17, 15) is 0 Å². The summed E-state index contributed by atoms with van der Waals surface area (Å²) in [5.74, 6) is 0. The monoisotopic (exact) mass is 267 g/mol. The number of rotatable bonds is 1. The van der Waals surface area contributed by atoms with E-state index in [2.05, 4.69) is 20.3 Å². The van der Waals surface area contributed by atoms with E-state index in [0.29, 0.717) is 0 Å². The Morgan fingerprint density at radius 3 is 1.43 bits per heavy atom. The molecule has 0 nitrogen and oxygen atoms in total. The Bertz CT molecular complexity index is 11.7. The predicted octanol–water partition coefficient (Wildman–Crippen LogP) is -4.37. The van der Waals surface area contributed by atoms with Gasteiger partial charge in [0.1, 0.15) is 0 Å². The Balaban J connectivity index is -0.0000000150. The van der Waals surface area contributed by atoms with E-state index in [1.54, 1.807) is 0 Å². The average Bonchev–Trinajstić information content (AvgIpc) is 1.37. The van der Waals surface area contributed by atoms with Crippen LogP contribution in [0.1, 0.15) is 20.3 Å². The van der Waals surface area contributed by atoms with Crippen LogP contribution in [0.25, 0.3) is 0 Å². The van der Waals surface area contributed by atoms with Crippen molar-refractivity contribution in [3.8, 4) is 0 Å². The summed E-state index contributed by atoms with van der Waals surface area (Å²) in [4.78, 5) is 0. The van der Waals surface area contributed by atoms with E-state index in [1.165, 1.54) is 6.42 Å². The van der Waals surface area contributed by atoms with Crippen LogP contribution in [0.4, 0.5) is 0 Å². The molecule has 0 spiro atoms. The Hall–Kier alpha value is 1.96. The summed E-state index contributed by atoms with van der Waals surface area (Å²) in [6.45, 7) is 4.18. The van der Waals surface area contributed by atoms with Crippen molar-refractivity contribution in [2.24, 2.45) is 0 Å². The van der Waals surface area contributed by atoms with Crippen LogP contribution in [0, 0.1) is 48.2 Å². The van der Waals surface area contributed by atoms with Crippen molar-refractivity contribution in [2.75, 3.05) is 0 Å². The standard InChI is InChI=1S/C4H9.Ce.2ClH/c1-3-4-2;;;/h3H,4H2,1-2H3;;2*1H/p-2. The van der Waals surface area contributed by atoms with Crippen molar-refractivity contribution in [3.63, 3.8) is 0 Å². The smallest absolute Gasteiger partial charge is 0 e. The molecule has 0 bridgehead atoms. The van der Waals surface area contributed by atoms with Gasteiger partial charge in [0.05, 0.1) is 0 Å². The van der Waals surface area contributed by atoms with Gasteiger partial charge in [-0.05, 0) is 6.42 Å². The molecule has 0 rings (SSSR count). The minimum absolute atomic E-state index is 0. The van der Waals surface area contributed by atoms with Crippen molar-refractivity contribution in [1.82, 2.24) is 0 Å². The predicted molar refractivity (Wildman–Crippen MR) is 20.3 cm³/mol. The molecule has 0 aliphatic carbocycles. The number of hydrogen-bond donors (Lipinski definition) is 0. The molecular formula is C4H9CeCl2-2. The molecule has 0 fully saturated rings. The molecule has 0 heterocycles. The maximum Gasteiger partial charge on any atom is 0 e. The van der Waals surface area contributed by atoms with Crippen LogP contribution in [0.2, 0.25) is 0 Å². The Morgan fingerprint density at radius 2 is 1.43 bits per heavy atom. The van der Waals surface area contributed by atoms with Crippen LogP contribution in [-0.2, 0) is 0 Å². The SMILES string of the molecule is C[CH]CC.[Ce].[Cl-].[Cl-]. The largest absolute Gasteiger partial charge is 1.00 e. The molecule has 0 saturated carbocycles. The molecule has 0 aromatic carbocycles. The molecule has 3 heteroatoms. The fourth-order valence-corrected chi connectivity index (χ4v) is 0. The second kappa shape index (κ2) is 24.6. The van der Waals surface area contributed by atoms with Gasteiger partial charge in [-0.15, -0.1) is 0 Å². The van der Waals surface area contributed by atoms with Gasteiger partial charge in [0, 0.05) is 41.7 Å². The van der Waals surface area contributed by atoms with Crippen LogP contribution < -0.4 is 24.8 Å². The zero-order chi connectivity index (χ0) is 3.41. The zero-order valence-electron chi connectivity index (χ0n) is 4.54. The summed E-state index contributed by atoms with van der Waals surface area (Å²) in [7, 11) is 0. The summed E-state index contributed by atoms with van der Waals surface area (Å²) < 4.78 is 0. The molecule has 7 heavy (non-hydrogen) atoms. The van der Waals surface area contributed by atoms with Gasteiger partial charge in [-0.25, -0.2) is 0 Å². The first-order valence-electron chi connectivity index (χ1n) is 1.69. The minimum atomic E-state index is 0. The van der Waals surface area contributed by atoms with Crippen molar-refractivity contribution in [2.45, 2.75) is 20.3 Å². The van der Waals surface area contributed by atoms with Gasteiger partial charge in [0.2, 0.25) is 0 Å². The van der Waals surface area contributed by atoms with Gasteiger partial charge in [0.15, 0.2) is 0 Å². The molecule has 0 saturated heterocycles. The van der Waals surface area contributed by atoms with Gasteiger partial charge in [-0.1, -0.05) is 20.3 Å². The van der Waals surface area contributed by atoms with E-state index in [1.807, 2.05) is 0 Å². The molecule has 1 radical (unpaired) electrons. The summed E-state index contributed by atoms with van der Waals surface area (Å²) in [5.41, 5.74) is 0. The third-order valence-corrected chi connectivity index (χ3v) is 0.408. The topological polar surface area (TPSA) is 0 Å². The van der Waals surface area contributed by atoms with Crippen molar-refractivity contribution in [3.05, 3.63) is 6.42 Å². The Kier molecular flexibility index (Phi) is 81.1. The van der Waals surface area contributed by atoms with Crippen LogP contribution in [0.15, 0.2) is 0 Å². The molecule has 45 valence electrons. The van der Waals surface area contributed by atoms with Crippen LogP contribution >= 0.6 is 0 Å². The fraction of sp³-hybridized carbons (Fsp3) is 0.750. The molecule has 0 aliphatic rings. The summed E-state index contributed by atoms with van der Waals surface area (Å²) >= 11 is 0. The van der Waals surface area contributed by atoms with Crippen molar-refractivity contribution >= 4 is 0 Å². The number of unbranched alkanes of at least 4 members (excludes halogenated alkanes) is 1. The maximum absolute atomic E-state index is 2.12. The van der Waals surface area contributed by atoms with Gasteiger partial charge in [-0.2, -0.15) is 0 Å². The normalized spacial score (nSPS) is 4.29. The second-order valence-corrected chi connectivity index (χ2v) is 0.816. The zero-order valence-corrected chi connectivity index (χ0v) is 9.19. The third-order valence-electron chi connectivity index (χ3n) is 0.408. The summed E-state index contributed by atoms with van der Waals surface area (Å²) in [5, 5.41) is 0. The third kappa shape index (κ3) is 32.3. The average molecular weight is 268 g/mol. The minimum Gasteiger partial charge on any atom is -1.00 e. The molecule has 0 amide bonds.